The molecule has 4 aromatic rings. The van der Waals surface area contributed by atoms with Crippen molar-refractivity contribution in [2.45, 2.75) is 63.7 Å². The Labute approximate surface area is 255 Å². The van der Waals surface area contributed by atoms with Crippen molar-refractivity contribution in [1.29, 1.82) is 0 Å². The number of aromatic amines is 2. The second kappa shape index (κ2) is 15.0. The number of aromatic nitrogens is 3. The summed E-state index contributed by atoms with van der Waals surface area (Å²) in [5, 5.41) is 18.9. The Morgan fingerprint density at radius 3 is 2.11 bits per heavy atom. The summed E-state index contributed by atoms with van der Waals surface area (Å²) >= 11 is 0. The summed E-state index contributed by atoms with van der Waals surface area (Å²) in [6.07, 6.45) is 5.35. The summed E-state index contributed by atoms with van der Waals surface area (Å²) in [4.78, 5) is 62.6. The molecule has 12 heteroatoms. The van der Waals surface area contributed by atoms with Crippen molar-refractivity contribution in [2.24, 2.45) is 11.7 Å². The second-order valence-electron chi connectivity index (χ2n) is 11.3. The first-order chi connectivity index (χ1) is 21.1. The van der Waals surface area contributed by atoms with Gasteiger partial charge in [-0.1, -0.05) is 62.4 Å². The highest BCUT2D eigenvalue weighted by Crippen LogP contribution is 2.19. The van der Waals surface area contributed by atoms with Crippen LogP contribution in [-0.4, -0.2) is 67.9 Å². The number of amides is 3. The van der Waals surface area contributed by atoms with Gasteiger partial charge < -0.3 is 36.8 Å². The van der Waals surface area contributed by atoms with Gasteiger partial charge in [0.05, 0.1) is 12.4 Å². The zero-order valence-electron chi connectivity index (χ0n) is 24.7. The lowest BCUT2D eigenvalue weighted by molar-refractivity contribution is -0.142. The zero-order chi connectivity index (χ0) is 31.6. The SMILES string of the molecule is CC(C)CC(N)C(=O)NC(Cc1c[nH]c2ccccc12)C(=O)NC(Cc1cnc[nH]1)C(=O)NC(Cc1ccccc1)C(=O)O. The van der Waals surface area contributed by atoms with Crippen LogP contribution in [0.3, 0.4) is 0 Å². The van der Waals surface area contributed by atoms with Gasteiger partial charge in [-0.3, -0.25) is 14.4 Å². The Bertz CT molecular complexity index is 1550. The number of fused-ring (bicyclic) bond motifs is 1. The molecule has 8 N–H and O–H groups in total. The van der Waals surface area contributed by atoms with Gasteiger partial charge in [0.15, 0.2) is 0 Å². The standard InChI is InChI=1S/C32H39N7O5/c1-19(2)12-24(33)29(40)37-26(14-21-16-35-25-11-7-6-10-23(21)25)30(41)38-27(15-22-17-34-18-36-22)31(42)39-28(32(43)44)13-20-8-4-3-5-9-20/h3-11,16-19,24,26-28,35H,12-15,33H2,1-2H3,(H,34,36)(H,37,40)(H,38,41)(H,39,42)(H,43,44). The van der Waals surface area contributed by atoms with Crippen LogP contribution < -0.4 is 21.7 Å². The van der Waals surface area contributed by atoms with E-state index in [1.807, 2.05) is 44.2 Å². The molecule has 3 amide bonds. The number of hydrogen-bond donors (Lipinski definition) is 7. The molecule has 0 saturated carbocycles. The molecule has 0 spiro atoms. The molecule has 4 rings (SSSR count). The number of rotatable bonds is 15. The van der Waals surface area contributed by atoms with Crippen molar-refractivity contribution in [2.75, 3.05) is 0 Å². The van der Waals surface area contributed by atoms with E-state index in [-0.39, 0.29) is 25.2 Å². The zero-order valence-corrected chi connectivity index (χ0v) is 24.7. The summed E-state index contributed by atoms with van der Waals surface area (Å²) < 4.78 is 0. The second-order valence-corrected chi connectivity index (χ2v) is 11.3. The normalized spacial score (nSPS) is 14.0. The molecule has 2 aromatic carbocycles. The monoisotopic (exact) mass is 601 g/mol. The first-order valence-electron chi connectivity index (χ1n) is 14.6. The number of aliphatic carboxylic acids is 1. The molecular weight excluding hydrogens is 562 g/mol. The van der Waals surface area contributed by atoms with Gasteiger partial charge in [0.1, 0.15) is 18.1 Å². The van der Waals surface area contributed by atoms with Crippen molar-refractivity contribution < 1.29 is 24.3 Å². The highest BCUT2D eigenvalue weighted by Gasteiger charge is 2.31. The molecular formula is C32H39N7O5. The number of carbonyl (C=O) groups excluding carboxylic acids is 3. The third kappa shape index (κ3) is 8.77. The number of imidazole rings is 1. The molecule has 0 radical (unpaired) electrons. The fraction of sp³-hybridized carbons (Fsp3) is 0.344. The van der Waals surface area contributed by atoms with Gasteiger partial charge in [0.25, 0.3) is 0 Å². The van der Waals surface area contributed by atoms with Crippen molar-refractivity contribution in [3.05, 3.63) is 90.1 Å². The van der Waals surface area contributed by atoms with Crippen molar-refractivity contribution >= 4 is 34.6 Å². The number of nitrogens with two attached hydrogens (primary N) is 1. The number of nitrogens with zero attached hydrogens (tertiary/aromatic N) is 1. The maximum Gasteiger partial charge on any atom is 0.326 e. The van der Waals surface area contributed by atoms with Gasteiger partial charge in [0.2, 0.25) is 17.7 Å². The summed E-state index contributed by atoms with van der Waals surface area (Å²) in [6, 6.07) is 12.2. The maximum absolute atomic E-state index is 13.8. The number of para-hydroxylation sites is 1. The molecule has 0 bridgehead atoms. The predicted molar refractivity (Wildman–Crippen MR) is 165 cm³/mol. The molecule has 4 atom stereocenters. The molecule has 0 aliphatic carbocycles. The number of carboxylic acids is 1. The molecule has 232 valence electrons. The lowest BCUT2D eigenvalue weighted by Gasteiger charge is -2.25. The minimum atomic E-state index is -1.23. The van der Waals surface area contributed by atoms with E-state index in [1.54, 1.807) is 30.5 Å². The van der Waals surface area contributed by atoms with E-state index in [9.17, 15) is 24.3 Å². The molecule has 0 saturated heterocycles. The Kier molecular flexibility index (Phi) is 10.9. The van der Waals surface area contributed by atoms with Gasteiger partial charge in [0, 0.05) is 48.3 Å². The van der Waals surface area contributed by atoms with E-state index in [4.69, 9.17) is 5.73 Å². The van der Waals surface area contributed by atoms with E-state index < -0.39 is 47.9 Å². The Morgan fingerprint density at radius 2 is 1.45 bits per heavy atom. The van der Waals surface area contributed by atoms with Crippen LogP contribution in [-0.2, 0) is 38.4 Å². The predicted octanol–water partition coefficient (Wildman–Crippen LogP) is 1.83. The van der Waals surface area contributed by atoms with Gasteiger partial charge in [-0.15, -0.1) is 0 Å². The summed E-state index contributed by atoms with van der Waals surface area (Å²) in [5.74, 6) is -2.84. The third-order valence-electron chi connectivity index (χ3n) is 7.30. The highest BCUT2D eigenvalue weighted by atomic mass is 16.4. The smallest absolute Gasteiger partial charge is 0.326 e. The van der Waals surface area contributed by atoms with Gasteiger partial charge in [-0.25, -0.2) is 9.78 Å². The molecule has 44 heavy (non-hydrogen) atoms. The van der Waals surface area contributed by atoms with Gasteiger partial charge in [-0.2, -0.15) is 0 Å². The number of H-pyrrole nitrogens is 2. The molecule has 12 nitrogen and oxygen atoms in total. The lowest BCUT2D eigenvalue weighted by Crippen LogP contribution is -2.58. The summed E-state index contributed by atoms with van der Waals surface area (Å²) in [6.45, 7) is 3.90. The Balaban J connectivity index is 1.57. The largest absolute Gasteiger partial charge is 0.480 e. The minimum Gasteiger partial charge on any atom is -0.480 e. The Morgan fingerprint density at radius 1 is 0.818 bits per heavy atom. The van der Waals surface area contributed by atoms with Crippen LogP contribution in [0.5, 0.6) is 0 Å². The average Bonchev–Trinajstić information content (AvgIpc) is 3.66. The van der Waals surface area contributed by atoms with Crippen LogP contribution in [0.4, 0.5) is 0 Å². The Hall–Kier alpha value is -4.97. The fourth-order valence-electron chi connectivity index (χ4n) is 5.04. The summed E-state index contributed by atoms with van der Waals surface area (Å²) in [7, 11) is 0. The number of carboxylic acid groups (broad SMARTS) is 1. The highest BCUT2D eigenvalue weighted by molar-refractivity contribution is 5.95. The third-order valence-corrected chi connectivity index (χ3v) is 7.30. The minimum absolute atomic E-state index is 0.00979. The quantitative estimate of drug-likeness (QED) is 0.108. The summed E-state index contributed by atoms with van der Waals surface area (Å²) in [5.41, 5.74) is 9.09. The van der Waals surface area contributed by atoms with Crippen LogP contribution >= 0.6 is 0 Å². The fourth-order valence-corrected chi connectivity index (χ4v) is 5.04. The molecule has 0 fully saturated rings. The average molecular weight is 602 g/mol. The van der Waals surface area contributed by atoms with Crippen LogP contribution in [0.1, 0.15) is 37.1 Å². The van der Waals surface area contributed by atoms with Crippen LogP contribution in [0, 0.1) is 5.92 Å². The van der Waals surface area contributed by atoms with Gasteiger partial charge in [-0.05, 0) is 29.5 Å². The molecule has 4 unspecified atom stereocenters. The van der Waals surface area contributed by atoms with Crippen molar-refractivity contribution in [1.82, 2.24) is 30.9 Å². The number of nitrogens with one attached hydrogen (secondary N) is 5. The molecule has 2 aromatic heterocycles. The van der Waals surface area contributed by atoms with E-state index in [1.165, 1.54) is 12.5 Å². The number of benzene rings is 2. The van der Waals surface area contributed by atoms with E-state index in [2.05, 4.69) is 30.9 Å². The number of hydrogen-bond acceptors (Lipinski definition) is 6. The van der Waals surface area contributed by atoms with Gasteiger partial charge >= 0.3 is 5.97 Å². The van der Waals surface area contributed by atoms with E-state index >= 15 is 0 Å². The van der Waals surface area contributed by atoms with Crippen molar-refractivity contribution in [3.63, 3.8) is 0 Å². The van der Waals surface area contributed by atoms with Crippen LogP contribution in [0.25, 0.3) is 10.9 Å². The van der Waals surface area contributed by atoms with Crippen LogP contribution in [0.2, 0.25) is 0 Å². The van der Waals surface area contributed by atoms with E-state index in [0.29, 0.717) is 12.1 Å². The first-order valence-corrected chi connectivity index (χ1v) is 14.6. The van der Waals surface area contributed by atoms with E-state index in [0.717, 1.165) is 22.0 Å². The lowest BCUT2D eigenvalue weighted by atomic mass is 10.0. The van der Waals surface area contributed by atoms with Crippen molar-refractivity contribution in [3.8, 4) is 0 Å². The first kappa shape index (κ1) is 32.0. The topological polar surface area (TPSA) is 195 Å². The molecule has 0 aliphatic heterocycles. The molecule has 0 aliphatic rings. The molecule has 2 heterocycles. The van der Waals surface area contributed by atoms with Crippen LogP contribution in [0.15, 0.2) is 73.3 Å². The number of carbonyl (C=O) groups is 4. The maximum atomic E-state index is 13.8.